The second-order valence-corrected chi connectivity index (χ2v) is 7.79. The van der Waals surface area contributed by atoms with Crippen LogP contribution in [0.15, 0.2) is 35.1 Å². The Labute approximate surface area is 177 Å². The average molecular weight is 431 g/mol. The number of nitrogens with zero attached hydrogens (tertiary/aromatic N) is 2. The highest BCUT2D eigenvalue weighted by Gasteiger charge is 2.38. The number of hydrogen-bond donors (Lipinski definition) is 1. The molecule has 3 rings (SSSR count). The van der Waals surface area contributed by atoms with Crippen molar-refractivity contribution in [3.05, 3.63) is 68.6 Å². The molecule has 31 heavy (non-hydrogen) atoms. The Kier molecular flexibility index (Phi) is 5.93. The van der Waals surface area contributed by atoms with E-state index in [1.54, 1.807) is 32.9 Å². The zero-order chi connectivity index (χ0) is 23.1. The Morgan fingerprint density at radius 1 is 1.06 bits per heavy atom. The van der Waals surface area contributed by atoms with Crippen molar-refractivity contribution in [2.75, 3.05) is 5.32 Å². The number of fused-ring (bicyclic) bond motifs is 1. The lowest BCUT2D eigenvalue weighted by molar-refractivity contribution is -0.142. The lowest BCUT2D eigenvalue weighted by Crippen LogP contribution is -2.37. The van der Waals surface area contributed by atoms with Crippen LogP contribution in [0.1, 0.15) is 47.3 Å². The summed E-state index contributed by atoms with van der Waals surface area (Å²) in [5.74, 6) is -0.558. The molecule has 0 aliphatic rings. The lowest BCUT2D eigenvalue weighted by Gasteiger charge is -2.22. The van der Waals surface area contributed by atoms with Crippen LogP contribution in [0.5, 0.6) is 0 Å². The van der Waals surface area contributed by atoms with Crippen molar-refractivity contribution in [2.45, 2.75) is 53.3 Å². The lowest BCUT2D eigenvalue weighted by atomic mass is 10.1. The van der Waals surface area contributed by atoms with Crippen molar-refractivity contribution in [1.29, 1.82) is 0 Å². The van der Waals surface area contributed by atoms with E-state index in [2.05, 4.69) is 10.3 Å². The maximum atomic E-state index is 13.6. The Hall–Kier alpha value is -3.16. The van der Waals surface area contributed by atoms with Gasteiger partial charge >= 0.3 is 6.18 Å². The molecule has 1 amide bonds. The Bertz CT molecular complexity index is 1230. The molecule has 0 aliphatic carbocycles. The fourth-order valence-corrected chi connectivity index (χ4v) is 3.53. The maximum absolute atomic E-state index is 13.6. The predicted octanol–water partition coefficient (Wildman–Crippen LogP) is 5.24. The summed E-state index contributed by atoms with van der Waals surface area (Å²) in [7, 11) is 0. The van der Waals surface area contributed by atoms with E-state index in [4.69, 9.17) is 0 Å². The molecule has 0 aliphatic heterocycles. The van der Waals surface area contributed by atoms with Crippen LogP contribution in [0.25, 0.3) is 11.0 Å². The van der Waals surface area contributed by atoms with Crippen molar-refractivity contribution in [3.63, 3.8) is 0 Å². The normalized spacial score (nSPS) is 12.8. The minimum atomic E-state index is -4.94. The third kappa shape index (κ3) is 4.33. The molecule has 0 unspecified atom stereocenters. The zero-order valence-corrected chi connectivity index (χ0v) is 18.0. The molecule has 1 atom stereocenters. The molecule has 0 fully saturated rings. The molecule has 1 heterocycles. The molecule has 1 aromatic heterocycles. The summed E-state index contributed by atoms with van der Waals surface area (Å²) in [5, 5.41) is 2.78. The zero-order valence-electron chi connectivity index (χ0n) is 18.0. The van der Waals surface area contributed by atoms with Crippen LogP contribution in [0, 0.1) is 27.7 Å². The first-order valence-corrected chi connectivity index (χ1v) is 9.92. The number of carbonyl (C=O) groups excluding carboxylic acids is 1. The minimum absolute atomic E-state index is 0.0213. The number of rotatable bonds is 4. The van der Waals surface area contributed by atoms with Gasteiger partial charge in [0, 0.05) is 5.69 Å². The highest BCUT2D eigenvalue weighted by Crippen LogP contribution is 2.29. The molecule has 1 N–H and O–H groups in total. The molecule has 5 nitrogen and oxygen atoms in total. The van der Waals surface area contributed by atoms with E-state index in [1.165, 1.54) is 6.07 Å². The van der Waals surface area contributed by atoms with Crippen molar-refractivity contribution in [1.82, 2.24) is 9.55 Å². The SMILES string of the molecule is CC[C@H](C(=O)Nc1cc(C)ccc1C)n1c(=O)c(C(F)(F)F)nc2cc(C)c(C)cc21. The van der Waals surface area contributed by atoms with E-state index in [9.17, 15) is 22.8 Å². The van der Waals surface area contributed by atoms with E-state index in [0.29, 0.717) is 5.69 Å². The van der Waals surface area contributed by atoms with Crippen LogP contribution >= 0.6 is 0 Å². The number of amides is 1. The molecule has 2 aromatic carbocycles. The maximum Gasteiger partial charge on any atom is 0.438 e. The Morgan fingerprint density at radius 3 is 2.32 bits per heavy atom. The van der Waals surface area contributed by atoms with Gasteiger partial charge < -0.3 is 5.32 Å². The highest BCUT2D eigenvalue weighted by molar-refractivity contribution is 5.95. The minimum Gasteiger partial charge on any atom is -0.324 e. The van der Waals surface area contributed by atoms with Crippen LogP contribution in [-0.2, 0) is 11.0 Å². The van der Waals surface area contributed by atoms with Gasteiger partial charge in [0.15, 0.2) is 0 Å². The number of aromatic nitrogens is 2. The fourth-order valence-electron chi connectivity index (χ4n) is 3.53. The predicted molar refractivity (Wildman–Crippen MR) is 114 cm³/mol. The van der Waals surface area contributed by atoms with Crippen LogP contribution in [0.3, 0.4) is 0 Å². The quantitative estimate of drug-likeness (QED) is 0.615. The Balaban J connectivity index is 2.23. The summed E-state index contributed by atoms with van der Waals surface area (Å²) in [6, 6.07) is 7.49. The second-order valence-electron chi connectivity index (χ2n) is 7.79. The van der Waals surface area contributed by atoms with Gasteiger partial charge in [0.1, 0.15) is 6.04 Å². The van der Waals surface area contributed by atoms with Gasteiger partial charge in [0.05, 0.1) is 11.0 Å². The van der Waals surface area contributed by atoms with E-state index in [-0.39, 0.29) is 17.5 Å². The molecule has 0 spiro atoms. The molecule has 164 valence electrons. The van der Waals surface area contributed by atoms with E-state index in [0.717, 1.165) is 26.8 Å². The van der Waals surface area contributed by atoms with Crippen LogP contribution in [0.4, 0.5) is 18.9 Å². The van der Waals surface area contributed by atoms with Crippen LogP contribution < -0.4 is 10.9 Å². The van der Waals surface area contributed by atoms with Gasteiger partial charge in [-0.3, -0.25) is 14.2 Å². The van der Waals surface area contributed by atoms with Gasteiger partial charge in [-0.1, -0.05) is 19.1 Å². The number of alkyl halides is 3. The topological polar surface area (TPSA) is 64.0 Å². The summed E-state index contributed by atoms with van der Waals surface area (Å²) in [6.45, 7) is 8.88. The highest BCUT2D eigenvalue weighted by atomic mass is 19.4. The van der Waals surface area contributed by atoms with Crippen LogP contribution in [-0.4, -0.2) is 15.5 Å². The summed E-state index contributed by atoms with van der Waals surface area (Å²) in [5.41, 5.74) is 1.18. The van der Waals surface area contributed by atoms with Gasteiger partial charge in [-0.15, -0.1) is 0 Å². The molecule has 0 bridgehead atoms. The number of benzene rings is 2. The summed E-state index contributed by atoms with van der Waals surface area (Å²) in [4.78, 5) is 29.7. The smallest absolute Gasteiger partial charge is 0.324 e. The molecule has 0 saturated heterocycles. The first-order valence-electron chi connectivity index (χ1n) is 9.92. The number of aryl methyl sites for hydroxylation is 4. The van der Waals surface area contributed by atoms with Crippen molar-refractivity contribution in [2.24, 2.45) is 0 Å². The fraction of sp³-hybridized carbons (Fsp3) is 0.348. The standard InChI is InChI=1S/C23H24F3N3O2/c1-6-18(21(30)28-16-9-12(2)7-8-13(16)3)29-19-11-15(5)14(4)10-17(19)27-20(22(29)31)23(24,25)26/h7-11,18H,6H2,1-5H3,(H,28,30)/t18-/m1/s1. The number of hydrogen-bond acceptors (Lipinski definition) is 3. The average Bonchev–Trinajstić information content (AvgIpc) is 2.67. The monoisotopic (exact) mass is 431 g/mol. The largest absolute Gasteiger partial charge is 0.438 e. The van der Waals surface area contributed by atoms with Crippen molar-refractivity contribution < 1.29 is 18.0 Å². The molecular weight excluding hydrogens is 407 g/mol. The third-order valence-corrected chi connectivity index (χ3v) is 5.42. The first-order chi connectivity index (χ1) is 14.4. The van der Waals surface area contributed by atoms with E-state index >= 15 is 0 Å². The molecule has 3 aromatic rings. The molecule has 0 saturated carbocycles. The number of halogens is 3. The van der Waals surface area contributed by atoms with Gasteiger partial charge in [-0.25, -0.2) is 4.98 Å². The van der Waals surface area contributed by atoms with Crippen LogP contribution in [0.2, 0.25) is 0 Å². The molecular formula is C23H24F3N3O2. The molecule has 8 heteroatoms. The number of anilines is 1. The van der Waals surface area contributed by atoms with Gasteiger partial charge in [-0.05, 0) is 74.6 Å². The number of nitrogens with one attached hydrogen (secondary N) is 1. The van der Waals surface area contributed by atoms with Gasteiger partial charge in [-0.2, -0.15) is 13.2 Å². The first kappa shape index (κ1) is 22.5. The van der Waals surface area contributed by atoms with Gasteiger partial charge in [0.2, 0.25) is 11.6 Å². The Morgan fingerprint density at radius 2 is 1.71 bits per heavy atom. The summed E-state index contributed by atoms with van der Waals surface area (Å²) >= 11 is 0. The van der Waals surface area contributed by atoms with E-state index < -0.39 is 29.4 Å². The summed E-state index contributed by atoms with van der Waals surface area (Å²) in [6.07, 6.45) is -4.81. The van der Waals surface area contributed by atoms with Crippen molar-refractivity contribution >= 4 is 22.6 Å². The second kappa shape index (κ2) is 8.17. The molecule has 0 radical (unpaired) electrons. The number of carbonyl (C=O) groups is 1. The van der Waals surface area contributed by atoms with Gasteiger partial charge in [0.25, 0.3) is 5.56 Å². The van der Waals surface area contributed by atoms with E-state index in [1.807, 2.05) is 26.0 Å². The third-order valence-electron chi connectivity index (χ3n) is 5.42. The summed E-state index contributed by atoms with van der Waals surface area (Å²) < 4.78 is 41.6. The van der Waals surface area contributed by atoms with Crippen molar-refractivity contribution in [3.8, 4) is 0 Å².